The van der Waals surface area contributed by atoms with Crippen molar-refractivity contribution in [2.75, 3.05) is 7.05 Å². The Morgan fingerprint density at radius 3 is 2.56 bits per heavy atom. The zero-order valence-electron chi connectivity index (χ0n) is 9.99. The summed E-state index contributed by atoms with van der Waals surface area (Å²) in [5.41, 5.74) is 4.93. The van der Waals surface area contributed by atoms with Gasteiger partial charge in [-0.2, -0.15) is 5.10 Å². The van der Waals surface area contributed by atoms with Crippen LogP contribution in [0.5, 0.6) is 0 Å². The molecule has 3 nitrogen and oxygen atoms in total. The van der Waals surface area contributed by atoms with E-state index in [0.29, 0.717) is 0 Å². The van der Waals surface area contributed by atoms with Crippen LogP contribution in [0, 0.1) is 6.92 Å². The van der Waals surface area contributed by atoms with E-state index in [9.17, 15) is 0 Å². The van der Waals surface area contributed by atoms with Crippen LogP contribution in [0.25, 0.3) is 11.1 Å². The quantitative estimate of drug-likeness (QED) is 0.850. The van der Waals surface area contributed by atoms with E-state index in [-0.39, 0.29) is 0 Å². The Labute approximate surface area is 96.1 Å². The molecule has 84 valence electrons. The number of aromatic nitrogens is 2. The molecule has 0 radical (unpaired) electrons. The van der Waals surface area contributed by atoms with Crippen molar-refractivity contribution >= 4 is 0 Å². The number of hydrogen-bond acceptors (Lipinski definition) is 2. The predicted molar refractivity (Wildman–Crippen MR) is 66.1 cm³/mol. The van der Waals surface area contributed by atoms with E-state index in [1.165, 1.54) is 22.4 Å². The average Bonchev–Trinajstić information content (AvgIpc) is 2.63. The topological polar surface area (TPSA) is 29.9 Å². The highest BCUT2D eigenvalue weighted by Crippen LogP contribution is 2.23. The van der Waals surface area contributed by atoms with Gasteiger partial charge in [-0.15, -0.1) is 0 Å². The van der Waals surface area contributed by atoms with Gasteiger partial charge in [-0.05, 0) is 19.5 Å². The first-order valence-corrected chi connectivity index (χ1v) is 5.45. The van der Waals surface area contributed by atoms with E-state index >= 15 is 0 Å². The first kappa shape index (κ1) is 10.9. The summed E-state index contributed by atoms with van der Waals surface area (Å²) in [5.74, 6) is 0. The fourth-order valence-corrected chi connectivity index (χ4v) is 1.81. The molecule has 0 aliphatic rings. The van der Waals surface area contributed by atoms with Crippen LogP contribution >= 0.6 is 0 Å². The highest BCUT2D eigenvalue weighted by molar-refractivity contribution is 5.65. The van der Waals surface area contributed by atoms with Gasteiger partial charge in [0.15, 0.2) is 0 Å². The monoisotopic (exact) mass is 215 g/mol. The smallest absolute Gasteiger partial charge is 0.0597 e. The van der Waals surface area contributed by atoms with Crippen molar-refractivity contribution in [2.45, 2.75) is 13.5 Å². The third-order valence-corrected chi connectivity index (χ3v) is 2.77. The molecule has 1 heterocycles. The third kappa shape index (κ3) is 1.99. The molecule has 0 bridgehead atoms. The molecule has 2 aromatic rings. The number of rotatable bonds is 3. The van der Waals surface area contributed by atoms with Gasteiger partial charge in [-0.25, -0.2) is 0 Å². The minimum absolute atomic E-state index is 0.833. The summed E-state index contributed by atoms with van der Waals surface area (Å²) in [6, 6.07) is 8.55. The lowest BCUT2D eigenvalue weighted by Gasteiger charge is -2.05. The molecular formula is C13H17N3. The predicted octanol–water partition coefficient (Wildman–Crippen LogP) is 2.11. The van der Waals surface area contributed by atoms with Crippen molar-refractivity contribution in [1.82, 2.24) is 15.1 Å². The number of nitrogens with one attached hydrogen (secondary N) is 1. The summed E-state index contributed by atoms with van der Waals surface area (Å²) in [6.45, 7) is 2.93. The van der Waals surface area contributed by atoms with Crippen LogP contribution in [0.2, 0.25) is 0 Å². The van der Waals surface area contributed by atoms with Gasteiger partial charge in [0.25, 0.3) is 0 Å². The maximum absolute atomic E-state index is 4.31. The summed E-state index contributed by atoms with van der Waals surface area (Å²) in [6.07, 6.45) is 1.93. The second-order valence-corrected chi connectivity index (χ2v) is 4.02. The molecule has 0 saturated heterocycles. The fraction of sp³-hybridized carbons (Fsp3) is 0.308. The maximum atomic E-state index is 4.31. The number of benzene rings is 1. The van der Waals surface area contributed by atoms with Gasteiger partial charge in [-0.1, -0.05) is 29.8 Å². The van der Waals surface area contributed by atoms with E-state index in [1.807, 2.05) is 25.0 Å². The molecule has 0 unspecified atom stereocenters. The lowest BCUT2D eigenvalue weighted by Crippen LogP contribution is -2.10. The van der Waals surface area contributed by atoms with Gasteiger partial charge in [0.05, 0.1) is 11.9 Å². The molecular weight excluding hydrogens is 198 g/mol. The Morgan fingerprint density at radius 1 is 1.25 bits per heavy atom. The molecule has 0 fully saturated rings. The minimum atomic E-state index is 0.833. The molecule has 1 aromatic heterocycles. The van der Waals surface area contributed by atoms with Crippen molar-refractivity contribution in [2.24, 2.45) is 7.05 Å². The maximum Gasteiger partial charge on any atom is 0.0597 e. The lowest BCUT2D eigenvalue weighted by molar-refractivity contribution is 0.673. The largest absolute Gasteiger partial charge is 0.314 e. The normalized spacial score (nSPS) is 10.7. The molecule has 2 rings (SSSR count). The Balaban J connectivity index is 2.43. The van der Waals surface area contributed by atoms with Gasteiger partial charge >= 0.3 is 0 Å². The molecule has 1 N–H and O–H groups in total. The van der Waals surface area contributed by atoms with E-state index in [4.69, 9.17) is 0 Å². The third-order valence-electron chi connectivity index (χ3n) is 2.77. The van der Waals surface area contributed by atoms with E-state index in [0.717, 1.165) is 6.54 Å². The summed E-state index contributed by atoms with van der Waals surface area (Å²) < 4.78 is 1.92. The number of aryl methyl sites for hydroxylation is 2. The van der Waals surface area contributed by atoms with Crippen molar-refractivity contribution in [3.05, 3.63) is 41.7 Å². The van der Waals surface area contributed by atoms with Crippen LogP contribution < -0.4 is 5.32 Å². The van der Waals surface area contributed by atoms with Gasteiger partial charge < -0.3 is 5.32 Å². The van der Waals surface area contributed by atoms with E-state index in [2.05, 4.69) is 41.6 Å². The summed E-state index contributed by atoms with van der Waals surface area (Å²) in [7, 11) is 3.93. The Morgan fingerprint density at radius 2 is 1.94 bits per heavy atom. The molecule has 16 heavy (non-hydrogen) atoms. The molecule has 0 aliphatic heterocycles. The second kappa shape index (κ2) is 4.49. The van der Waals surface area contributed by atoms with Gasteiger partial charge in [0, 0.05) is 19.2 Å². The first-order valence-electron chi connectivity index (χ1n) is 5.45. The van der Waals surface area contributed by atoms with Crippen LogP contribution in [0.4, 0.5) is 0 Å². The van der Waals surface area contributed by atoms with Crippen molar-refractivity contribution < 1.29 is 0 Å². The van der Waals surface area contributed by atoms with Crippen LogP contribution in [-0.2, 0) is 13.6 Å². The minimum Gasteiger partial charge on any atom is -0.314 e. The molecule has 0 spiro atoms. The highest BCUT2D eigenvalue weighted by atomic mass is 15.3. The molecule has 1 aromatic carbocycles. The Bertz CT molecular complexity index is 468. The fourth-order valence-electron chi connectivity index (χ4n) is 1.81. The first-order chi connectivity index (χ1) is 7.72. The summed E-state index contributed by atoms with van der Waals surface area (Å²) in [5, 5.41) is 7.48. The van der Waals surface area contributed by atoms with Gasteiger partial charge in [0.1, 0.15) is 0 Å². The zero-order chi connectivity index (χ0) is 11.5. The van der Waals surface area contributed by atoms with E-state index < -0.39 is 0 Å². The van der Waals surface area contributed by atoms with Crippen molar-refractivity contribution in [1.29, 1.82) is 0 Å². The molecule has 0 aliphatic carbocycles. The highest BCUT2D eigenvalue weighted by Gasteiger charge is 2.09. The van der Waals surface area contributed by atoms with E-state index in [1.54, 1.807) is 0 Å². The molecule has 0 amide bonds. The lowest BCUT2D eigenvalue weighted by atomic mass is 10.0. The van der Waals surface area contributed by atoms with Crippen molar-refractivity contribution in [3.63, 3.8) is 0 Å². The van der Waals surface area contributed by atoms with Crippen LogP contribution in [0.1, 0.15) is 11.3 Å². The summed E-state index contributed by atoms with van der Waals surface area (Å²) >= 11 is 0. The molecule has 0 saturated carbocycles. The average molecular weight is 215 g/mol. The SMILES string of the molecule is CNCc1c(-c2ccc(C)cc2)cnn1C. The standard InChI is InChI=1S/C13H17N3/c1-10-4-6-11(7-5-10)12-8-15-16(3)13(12)9-14-2/h4-8,14H,9H2,1-3H3. The zero-order valence-corrected chi connectivity index (χ0v) is 9.99. The molecule has 3 heteroatoms. The van der Waals surface area contributed by atoms with Gasteiger partial charge in [-0.3, -0.25) is 4.68 Å². The second-order valence-electron chi connectivity index (χ2n) is 4.02. The van der Waals surface area contributed by atoms with Crippen LogP contribution in [0.3, 0.4) is 0 Å². The molecule has 0 atom stereocenters. The van der Waals surface area contributed by atoms with Crippen LogP contribution in [-0.4, -0.2) is 16.8 Å². The Hall–Kier alpha value is -1.61. The van der Waals surface area contributed by atoms with Gasteiger partial charge in [0.2, 0.25) is 0 Å². The number of nitrogens with zero attached hydrogens (tertiary/aromatic N) is 2. The summed E-state index contributed by atoms with van der Waals surface area (Å²) in [4.78, 5) is 0. The number of hydrogen-bond donors (Lipinski definition) is 1. The Kier molecular flexibility index (Phi) is 3.06. The van der Waals surface area contributed by atoms with Crippen molar-refractivity contribution in [3.8, 4) is 11.1 Å². The van der Waals surface area contributed by atoms with Crippen LogP contribution in [0.15, 0.2) is 30.5 Å².